The Morgan fingerprint density at radius 1 is 1.03 bits per heavy atom. The number of aliphatic imine (C=N–C) groups is 1. The summed E-state index contributed by atoms with van der Waals surface area (Å²) in [6.07, 6.45) is 2.38. The SMILES string of the molecule is CCNC(=NCCCCN1CCN(CC)CC1)NCCN(CC)c1cccc(C)c1.I. The number of likely N-dealkylation sites (N-methyl/N-ethyl adjacent to an activating group) is 2. The zero-order chi connectivity index (χ0) is 21.6. The summed E-state index contributed by atoms with van der Waals surface area (Å²) in [7, 11) is 0. The number of halogens is 1. The Balaban J connectivity index is 0.00000480. The van der Waals surface area contributed by atoms with E-state index in [1.165, 1.54) is 56.9 Å². The van der Waals surface area contributed by atoms with Gasteiger partial charge in [-0.25, -0.2) is 0 Å². The van der Waals surface area contributed by atoms with E-state index >= 15 is 0 Å². The van der Waals surface area contributed by atoms with E-state index < -0.39 is 0 Å². The molecule has 2 rings (SSSR count). The lowest BCUT2D eigenvalue weighted by molar-refractivity contribution is 0.136. The van der Waals surface area contributed by atoms with Crippen molar-refractivity contribution in [2.75, 3.05) is 76.9 Å². The van der Waals surface area contributed by atoms with E-state index in [0.29, 0.717) is 0 Å². The molecule has 0 amide bonds. The smallest absolute Gasteiger partial charge is 0.191 e. The third-order valence-corrected chi connectivity index (χ3v) is 5.83. The van der Waals surface area contributed by atoms with E-state index in [2.05, 4.69) is 77.3 Å². The highest BCUT2D eigenvalue weighted by Crippen LogP contribution is 2.14. The molecule has 0 radical (unpaired) electrons. The molecule has 1 aromatic rings. The third kappa shape index (κ3) is 10.9. The zero-order valence-corrected chi connectivity index (χ0v) is 22.5. The van der Waals surface area contributed by atoms with E-state index in [1.54, 1.807) is 0 Å². The Morgan fingerprint density at radius 3 is 2.42 bits per heavy atom. The Kier molecular flexibility index (Phi) is 14.9. The predicted molar refractivity (Wildman–Crippen MR) is 146 cm³/mol. The van der Waals surface area contributed by atoms with Gasteiger partial charge in [0.1, 0.15) is 0 Å². The molecule has 0 unspecified atom stereocenters. The van der Waals surface area contributed by atoms with E-state index in [9.17, 15) is 0 Å². The van der Waals surface area contributed by atoms with Crippen LogP contribution in [0.1, 0.15) is 39.2 Å². The molecule has 0 atom stereocenters. The van der Waals surface area contributed by atoms with Crippen LogP contribution in [0.5, 0.6) is 0 Å². The summed E-state index contributed by atoms with van der Waals surface area (Å²) in [5, 5.41) is 6.88. The molecule has 0 saturated carbocycles. The first-order valence-corrected chi connectivity index (χ1v) is 11.9. The van der Waals surface area contributed by atoms with Crippen molar-refractivity contribution >= 4 is 35.6 Å². The first kappa shape index (κ1) is 28.0. The van der Waals surface area contributed by atoms with Crippen molar-refractivity contribution in [3.8, 4) is 0 Å². The average molecular weight is 545 g/mol. The van der Waals surface area contributed by atoms with Gasteiger partial charge in [-0.15, -0.1) is 24.0 Å². The first-order chi connectivity index (χ1) is 14.7. The van der Waals surface area contributed by atoms with Crippen molar-refractivity contribution in [3.05, 3.63) is 29.8 Å². The molecule has 1 saturated heterocycles. The van der Waals surface area contributed by atoms with Gasteiger partial charge < -0.3 is 25.3 Å². The number of piperazine rings is 1. The fraction of sp³-hybridized carbons (Fsp3) is 0.708. The van der Waals surface area contributed by atoms with Gasteiger partial charge in [-0.1, -0.05) is 19.1 Å². The normalized spacial score (nSPS) is 15.4. The molecular formula is C24H45IN6. The van der Waals surface area contributed by atoms with E-state index in [1.807, 2.05) is 0 Å². The maximum atomic E-state index is 4.78. The van der Waals surface area contributed by atoms with Crippen LogP contribution in [0.4, 0.5) is 5.69 Å². The summed E-state index contributed by atoms with van der Waals surface area (Å²) in [5.41, 5.74) is 2.60. The van der Waals surface area contributed by atoms with Gasteiger partial charge in [-0.2, -0.15) is 0 Å². The highest BCUT2D eigenvalue weighted by atomic mass is 127. The van der Waals surface area contributed by atoms with Gasteiger partial charge >= 0.3 is 0 Å². The van der Waals surface area contributed by atoms with E-state index in [4.69, 9.17) is 4.99 Å². The van der Waals surface area contributed by atoms with Crippen molar-refractivity contribution in [1.82, 2.24) is 20.4 Å². The molecule has 0 aromatic heterocycles. The van der Waals surface area contributed by atoms with Gasteiger partial charge in [0.15, 0.2) is 5.96 Å². The lowest BCUT2D eigenvalue weighted by Crippen LogP contribution is -2.46. The summed E-state index contributed by atoms with van der Waals surface area (Å²) in [6, 6.07) is 8.73. The van der Waals surface area contributed by atoms with E-state index in [-0.39, 0.29) is 24.0 Å². The van der Waals surface area contributed by atoms with Gasteiger partial charge in [0, 0.05) is 64.6 Å². The van der Waals surface area contributed by atoms with Crippen molar-refractivity contribution in [2.45, 2.75) is 40.5 Å². The molecule has 7 heteroatoms. The number of unbranched alkanes of at least 4 members (excludes halogenated alkanes) is 1. The van der Waals surface area contributed by atoms with Crippen molar-refractivity contribution in [2.24, 2.45) is 4.99 Å². The molecule has 1 aliphatic rings. The monoisotopic (exact) mass is 544 g/mol. The number of benzene rings is 1. The summed E-state index contributed by atoms with van der Waals surface area (Å²) in [5.74, 6) is 0.939. The van der Waals surface area contributed by atoms with Crippen LogP contribution in [-0.2, 0) is 0 Å². The second-order valence-electron chi connectivity index (χ2n) is 8.09. The zero-order valence-electron chi connectivity index (χ0n) is 20.2. The number of aryl methyl sites for hydroxylation is 1. The number of nitrogens with one attached hydrogen (secondary N) is 2. The number of rotatable bonds is 12. The first-order valence-electron chi connectivity index (χ1n) is 11.9. The standard InChI is InChI=1S/C24H44N6.HI/c1-5-25-24(26-13-8-9-15-29-19-17-28(6-2)18-20-29)27-14-16-30(7-3)23-12-10-11-22(4)21-23;/h10-12,21H,5-9,13-20H2,1-4H3,(H2,25,26,27);1H. The molecule has 0 bridgehead atoms. The van der Waals surface area contributed by atoms with Gasteiger partial charge in [0.05, 0.1) is 0 Å². The summed E-state index contributed by atoms with van der Waals surface area (Å²) >= 11 is 0. The van der Waals surface area contributed by atoms with Crippen LogP contribution in [-0.4, -0.2) is 87.8 Å². The van der Waals surface area contributed by atoms with Crippen LogP contribution in [0.2, 0.25) is 0 Å². The highest BCUT2D eigenvalue weighted by Gasteiger charge is 2.14. The van der Waals surface area contributed by atoms with Crippen molar-refractivity contribution in [1.29, 1.82) is 0 Å². The Hall–Kier alpha value is -1.06. The quantitative estimate of drug-likeness (QED) is 0.183. The summed E-state index contributed by atoms with van der Waals surface area (Å²) < 4.78 is 0. The number of anilines is 1. The molecular weight excluding hydrogens is 499 g/mol. The van der Waals surface area contributed by atoms with Crippen molar-refractivity contribution in [3.63, 3.8) is 0 Å². The second-order valence-corrected chi connectivity index (χ2v) is 8.09. The fourth-order valence-electron chi connectivity index (χ4n) is 3.91. The van der Waals surface area contributed by atoms with Crippen LogP contribution >= 0.6 is 24.0 Å². The number of nitrogens with zero attached hydrogens (tertiary/aromatic N) is 4. The number of hydrogen-bond donors (Lipinski definition) is 2. The summed E-state index contributed by atoms with van der Waals surface area (Å²) in [6.45, 7) is 20.7. The van der Waals surface area contributed by atoms with Crippen LogP contribution in [0.25, 0.3) is 0 Å². The fourth-order valence-corrected chi connectivity index (χ4v) is 3.91. The molecule has 1 heterocycles. The van der Waals surface area contributed by atoms with Crippen LogP contribution in [0, 0.1) is 6.92 Å². The highest BCUT2D eigenvalue weighted by molar-refractivity contribution is 14.0. The average Bonchev–Trinajstić information content (AvgIpc) is 2.76. The Labute approximate surface area is 207 Å². The molecule has 0 spiro atoms. The van der Waals surface area contributed by atoms with Crippen LogP contribution < -0.4 is 15.5 Å². The summed E-state index contributed by atoms with van der Waals surface area (Å²) in [4.78, 5) is 12.3. The maximum absolute atomic E-state index is 4.78. The minimum atomic E-state index is 0. The van der Waals surface area contributed by atoms with Crippen LogP contribution in [0.3, 0.4) is 0 Å². The lowest BCUT2D eigenvalue weighted by Gasteiger charge is -2.33. The molecule has 1 aromatic carbocycles. The minimum absolute atomic E-state index is 0. The van der Waals surface area contributed by atoms with E-state index in [0.717, 1.165) is 45.1 Å². The number of hydrogen-bond acceptors (Lipinski definition) is 4. The molecule has 178 valence electrons. The van der Waals surface area contributed by atoms with Crippen molar-refractivity contribution < 1.29 is 0 Å². The number of guanidine groups is 1. The maximum Gasteiger partial charge on any atom is 0.191 e. The van der Waals surface area contributed by atoms with Gasteiger partial charge in [0.25, 0.3) is 0 Å². The predicted octanol–water partition coefficient (Wildman–Crippen LogP) is 3.41. The molecule has 0 aliphatic carbocycles. The van der Waals surface area contributed by atoms with Crippen LogP contribution in [0.15, 0.2) is 29.3 Å². The molecule has 1 aliphatic heterocycles. The second kappa shape index (κ2) is 16.6. The molecule has 31 heavy (non-hydrogen) atoms. The largest absolute Gasteiger partial charge is 0.370 e. The molecule has 2 N–H and O–H groups in total. The lowest BCUT2D eigenvalue weighted by atomic mass is 10.2. The molecule has 6 nitrogen and oxygen atoms in total. The Morgan fingerprint density at radius 2 is 1.77 bits per heavy atom. The minimum Gasteiger partial charge on any atom is -0.370 e. The topological polar surface area (TPSA) is 46.1 Å². The molecule has 1 fully saturated rings. The van der Waals surface area contributed by atoms with Gasteiger partial charge in [-0.3, -0.25) is 4.99 Å². The Bertz CT molecular complexity index is 616. The van der Waals surface area contributed by atoms with Gasteiger partial charge in [-0.05, 0) is 64.4 Å². The van der Waals surface area contributed by atoms with Gasteiger partial charge in [0.2, 0.25) is 0 Å². The third-order valence-electron chi connectivity index (χ3n) is 5.83.